The van der Waals surface area contributed by atoms with Crippen LogP contribution < -0.4 is 9.47 Å². The van der Waals surface area contributed by atoms with Crippen LogP contribution in [0.3, 0.4) is 0 Å². The van der Waals surface area contributed by atoms with Gasteiger partial charge < -0.3 is 34.6 Å². The molecule has 3 rings (SSSR count). The van der Waals surface area contributed by atoms with Crippen molar-refractivity contribution in [2.24, 2.45) is 0 Å². The van der Waals surface area contributed by atoms with E-state index in [2.05, 4.69) is 0 Å². The summed E-state index contributed by atoms with van der Waals surface area (Å²) in [5, 5.41) is 39.5. The summed E-state index contributed by atoms with van der Waals surface area (Å²) in [6, 6.07) is 13.7. The maximum atomic E-state index is 12.7. The highest BCUT2D eigenvalue weighted by Crippen LogP contribution is 2.25. The van der Waals surface area contributed by atoms with Gasteiger partial charge in [0.05, 0.1) is 19.8 Å². The van der Waals surface area contributed by atoms with Crippen molar-refractivity contribution in [3.8, 4) is 11.5 Å². The van der Waals surface area contributed by atoms with Crippen LogP contribution in [-0.2, 0) is 11.2 Å². The van der Waals surface area contributed by atoms with Crippen LogP contribution in [0.2, 0.25) is 0 Å². The van der Waals surface area contributed by atoms with Crippen molar-refractivity contribution in [3.63, 3.8) is 0 Å². The number of ether oxygens (including phenoxy) is 3. The SMILES string of the molecule is COc1ccc(OCC(=O)c2ccccc2C[C@@H]2O[C@H](CO)[C@@H](O)[C@H](O)[C@H]2O)cc1. The molecule has 1 aliphatic rings. The maximum absolute atomic E-state index is 12.7. The van der Waals surface area contributed by atoms with Crippen LogP contribution in [0.15, 0.2) is 48.5 Å². The highest BCUT2D eigenvalue weighted by atomic mass is 16.5. The Morgan fingerprint density at radius 3 is 2.23 bits per heavy atom. The summed E-state index contributed by atoms with van der Waals surface area (Å²) in [6.07, 6.45) is -6.00. The molecule has 4 N–H and O–H groups in total. The van der Waals surface area contributed by atoms with E-state index < -0.39 is 37.1 Å². The third kappa shape index (κ3) is 4.97. The van der Waals surface area contributed by atoms with Gasteiger partial charge in [0.2, 0.25) is 0 Å². The lowest BCUT2D eigenvalue weighted by molar-refractivity contribution is -0.228. The molecule has 1 saturated heterocycles. The predicted octanol–water partition coefficient (Wildman–Crippen LogP) is 0.342. The third-order valence-electron chi connectivity index (χ3n) is 5.16. The molecule has 0 aromatic heterocycles. The number of hydrogen-bond donors (Lipinski definition) is 4. The molecule has 0 saturated carbocycles. The minimum atomic E-state index is -1.46. The number of aliphatic hydroxyl groups excluding tert-OH is 4. The van der Waals surface area contributed by atoms with Crippen LogP contribution in [0.25, 0.3) is 0 Å². The van der Waals surface area contributed by atoms with Crippen LogP contribution >= 0.6 is 0 Å². The van der Waals surface area contributed by atoms with Crippen molar-refractivity contribution in [3.05, 3.63) is 59.7 Å². The van der Waals surface area contributed by atoms with E-state index in [0.717, 1.165) is 0 Å². The molecule has 2 aromatic carbocycles. The Hall–Kier alpha value is -2.49. The number of carbonyl (C=O) groups excluding carboxylic acids is 1. The van der Waals surface area contributed by atoms with E-state index in [1.165, 1.54) is 0 Å². The Balaban J connectivity index is 1.69. The molecule has 0 radical (unpaired) electrons. The topological polar surface area (TPSA) is 126 Å². The molecule has 8 nitrogen and oxygen atoms in total. The normalized spacial score (nSPS) is 26.2. The average molecular weight is 418 g/mol. The molecule has 30 heavy (non-hydrogen) atoms. The second-order valence-corrected chi connectivity index (χ2v) is 7.12. The van der Waals surface area contributed by atoms with E-state index in [9.17, 15) is 25.2 Å². The quantitative estimate of drug-likeness (QED) is 0.453. The van der Waals surface area contributed by atoms with Crippen molar-refractivity contribution in [1.82, 2.24) is 0 Å². The van der Waals surface area contributed by atoms with Gasteiger partial charge in [0.15, 0.2) is 12.4 Å². The monoisotopic (exact) mass is 418 g/mol. The van der Waals surface area contributed by atoms with Crippen molar-refractivity contribution in [1.29, 1.82) is 0 Å². The van der Waals surface area contributed by atoms with E-state index in [-0.39, 0.29) is 18.8 Å². The van der Waals surface area contributed by atoms with Gasteiger partial charge in [-0.15, -0.1) is 0 Å². The Morgan fingerprint density at radius 1 is 0.933 bits per heavy atom. The van der Waals surface area contributed by atoms with Gasteiger partial charge in [0.1, 0.15) is 35.9 Å². The van der Waals surface area contributed by atoms with Crippen LogP contribution in [0.4, 0.5) is 0 Å². The third-order valence-corrected chi connectivity index (χ3v) is 5.16. The van der Waals surface area contributed by atoms with Crippen LogP contribution in [0, 0.1) is 0 Å². The highest BCUT2D eigenvalue weighted by molar-refractivity contribution is 5.98. The molecule has 1 fully saturated rings. The van der Waals surface area contributed by atoms with Gasteiger partial charge in [-0.05, 0) is 29.8 Å². The molecular formula is C22H26O8. The molecule has 0 spiro atoms. The van der Waals surface area contributed by atoms with Gasteiger partial charge in [0, 0.05) is 12.0 Å². The van der Waals surface area contributed by atoms with E-state index in [0.29, 0.717) is 22.6 Å². The lowest BCUT2D eigenvalue weighted by atomic mass is 9.90. The fourth-order valence-electron chi connectivity index (χ4n) is 3.43. The van der Waals surface area contributed by atoms with Gasteiger partial charge in [0.25, 0.3) is 0 Å². The van der Waals surface area contributed by atoms with Crippen LogP contribution in [-0.4, -0.2) is 77.1 Å². The highest BCUT2D eigenvalue weighted by Gasteiger charge is 2.43. The second-order valence-electron chi connectivity index (χ2n) is 7.12. The predicted molar refractivity (Wildman–Crippen MR) is 107 cm³/mol. The molecule has 0 amide bonds. The lowest BCUT2D eigenvalue weighted by Crippen LogP contribution is -2.59. The average Bonchev–Trinajstić information content (AvgIpc) is 2.78. The first-order valence-electron chi connectivity index (χ1n) is 9.63. The number of Topliss-reactive ketones (excluding diaryl/α,β-unsaturated/α-hetero) is 1. The van der Waals surface area contributed by atoms with E-state index in [1.807, 2.05) is 0 Å². The molecule has 0 unspecified atom stereocenters. The Kier molecular flexibility index (Phi) is 7.41. The zero-order valence-electron chi connectivity index (χ0n) is 16.5. The van der Waals surface area contributed by atoms with Gasteiger partial charge in [-0.3, -0.25) is 4.79 Å². The van der Waals surface area contributed by atoms with Crippen LogP contribution in [0.1, 0.15) is 15.9 Å². The summed E-state index contributed by atoms with van der Waals surface area (Å²) >= 11 is 0. The molecule has 8 heteroatoms. The molecular weight excluding hydrogens is 392 g/mol. The maximum Gasteiger partial charge on any atom is 0.200 e. The minimum Gasteiger partial charge on any atom is -0.497 e. The van der Waals surface area contributed by atoms with Gasteiger partial charge in [-0.2, -0.15) is 0 Å². The number of benzene rings is 2. The Labute approximate surface area is 174 Å². The molecule has 0 aliphatic carbocycles. The zero-order chi connectivity index (χ0) is 21.7. The number of methoxy groups -OCH3 is 1. The summed E-state index contributed by atoms with van der Waals surface area (Å²) in [4.78, 5) is 12.7. The summed E-state index contributed by atoms with van der Waals surface area (Å²) in [7, 11) is 1.56. The number of ketones is 1. The number of aliphatic hydroxyl groups is 4. The number of rotatable bonds is 8. The van der Waals surface area contributed by atoms with Crippen molar-refractivity contribution in [2.45, 2.75) is 36.9 Å². The fraction of sp³-hybridized carbons (Fsp3) is 0.409. The first-order valence-corrected chi connectivity index (χ1v) is 9.63. The van der Waals surface area contributed by atoms with Gasteiger partial charge >= 0.3 is 0 Å². The van der Waals surface area contributed by atoms with Crippen LogP contribution in [0.5, 0.6) is 11.5 Å². The van der Waals surface area contributed by atoms with Crippen molar-refractivity contribution < 1.29 is 39.4 Å². The minimum absolute atomic E-state index is 0.117. The summed E-state index contributed by atoms with van der Waals surface area (Å²) in [5.41, 5.74) is 1.01. The Bertz CT molecular complexity index is 835. The standard InChI is InChI=1S/C22H26O8/c1-28-14-6-8-15(9-7-14)29-12-17(24)16-5-3-2-4-13(16)10-18-20(25)22(27)21(26)19(11-23)30-18/h2-9,18-23,25-27H,10-12H2,1H3/t18-,19+,20-,21+,22+/m0/s1. The smallest absolute Gasteiger partial charge is 0.200 e. The zero-order valence-corrected chi connectivity index (χ0v) is 16.5. The largest absolute Gasteiger partial charge is 0.497 e. The van der Waals surface area contributed by atoms with E-state index >= 15 is 0 Å². The molecule has 162 valence electrons. The lowest BCUT2D eigenvalue weighted by Gasteiger charge is -2.40. The van der Waals surface area contributed by atoms with Crippen molar-refractivity contribution >= 4 is 5.78 Å². The summed E-state index contributed by atoms with van der Waals surface area (Å²) in [5.74, 6) is 0.945. The molecule has 2 aromatic rings. The summed E-state index contributed by atoms with van der Waals surface area (Å²) in [6.45, 7) is -0.685. The molecule has 0 bridgehead atoms. The summed E-state index contributed by atoms with van der Waals surface area (Å²) < 4.78 is 16.2. The van der Waals surface area contributed by atoms with Gasteiger partial charge in [-0.1, -0.05) is 24.3 Å². The number of carbonyl (C=O) groups is 1. The first-order chi connectivity index (χ1) is 14.4. The molecule has 1 heterocycles. The fourth-order valence-corrected chi connectivity index (χ4v) is 3.43. The Morgan fingerprint density at radius 2 is 1.57 bits per heavy atom. The number of hydrogen-bond acceptors (Lipinski definition) is 8. The van der Waals surface area contributed by atoms with Crippen molar-refractivity contribution in [2.75, 3.05) is 20.3 Å². The van der Waals surface area contributed by atoms with E-state index in [4.69, 9.17) is 14.2 Å². The molecule has 1 aliphatic heterocycles. The van der Waals surface area contributed by atoms with Gasteiger partial charge in [-0.25, -0.2) is 0 Å². The van der Waals surface area contributed by atoms with E-state index in [1.54, 1.807) is 55.6 Å². The second kappa shape index (κ2) is 10.0. The first kappa shape index (κ1) is 22.2. The molecule has 5 atom stereocenters.